The van der Waals surface area contributed by atoms with Gasteiger partial charge in [0.2, 0.25) is 5.91 Å². The minimum atomic E-state index is -0.499. The Balaban J connectivity index is 1.40. The number of rotatable bonds is 8. The number of amides is 1. The SMILES string of the molecule is Cc1ccc(C2C3=C(CC(C)(C)CC3=O)Nc3ccccc3N2CC(=O)NCCSCc2nc[nH]c2C)o1. The minimum Gasteiger partial charge on any atom is -0.464 e. The lowest BCUT2D eigenvalue weighted by molar-refractivity contribution is -0.120. The van der Waals surface area contributed by atoms with Crippen LogP contribution in [0.4, 0.5) is 11.4 Å². The number of fused-ring (bicyclic) bond motifs is 1. The average Bonchev–Trinajstić information content (AvgIpc) is 3.44. The molecule has 1 aromatic carbocycles. The van der Waals surface area contributed by atoms with Gasteiger partial charge in [-0.1, -0.05) is 26.0 Å². The Kier molecular flexibility index (Phi) is 7.38. The molecule has 0 bridgehead atoms. The highest BCUT2D eigenvalue weighted by Gasteiger charge is 2.43. The molecule has 3 aromatic rings. The summed E-state index contributed by atoms with van der Waals surface area (Å²) in [5.41, 5.74) is 5.30. The Bertz CT molecular complexity index is 1370. The molecular formula is C29H35N5O3S. The van der Waals surface area contributed by atoms with Crippen molar-refractivity contribution < 1.29 is 14.0 Å². The third-order valence-corrected chi connectivity index (χ3v) is 8.06. The molecule has 1 aliphatic carbocycles. The van der Waals surface area contributed by atoms with Gasteiger partial charge in [-0.15, -0.1) is 0 Å². The first-order chi connectivity index (χ1) is 18.2. The van der Waals surface area contributed by atoms with Crippen LogP contribution in [0.15, 0.2) is 58.4 Å². The van der Waals surface area contributed by atoms with E-state index in [9.17, 15) is 9.59 Å². The van der Waals surface area contributed by atoms with Gasteiger partial charge < -0.3 is 24.9 Å². The normalized spacial score (nSPS) is 18.5. The fourth-order valence-electron chi connectivity index (χ4n) is 5.30. The second-order valence-corrected chi connectivity index (χ2v) is 11.9. The van der Waals surface area contributed by atoms with Gasteiger partial charge in [0.15, 0.2) is 5.78 Å². The van der Waals surface area contributed by atoms with E-state index in [1.165, 1.54) is 0 Å². The number of Topliss-reactive ketones (excluding diaryl/α,β-unsaturated/α-hetero) is 1. The lowest BCUT2D eigenvalue weighted by Gasteiger charge is -2.36. The van der Waals surface area contributed by atoms with Crippen LogP contribution >= 0.6 is 11.8 Å². The van der Waals surface area contributed by atoms with E-state index in [2.05, 4.69) is 34.4 Å². The van der Waals surface area contributed by atoms with E-state index in [0.29, 0.717) is 24.3 Å². The van der Waals surface area contributed by atoms with Crippen molar-refractivity contribution >= 4 is 34.8 Å². The maximum Gasteiger partial charge on any atom is 0.239 e. The van der Waals surface area contributed by atoms with Crippen LogP contribution in [0.1, 0.15) is 55.6 Å². The standard InChI is InChI=1S/C29H35N5O3S/c1-18-9-10-25(37-18)28-27-21(13-29(3,4)14-24(27)35)33-20-7-5-6-8-23(20)34(28)15-26(36)30-11-12-38-16-22-19(2)31-17-32-22/h5-10,17,28,33H,11-16H2,1-4H3,(H,30,36)(H,31,32). The fourth-order valence-corrected chi connectivity index (χ4v) is 6.17. The van der Waals surface area contributed by atoms with Gasteiger partial charge in [0.1, 0.15) is 17.6 Å². The first kappa shape index (κ1) is 26.2. The number of aryl methyl sites for hydroxylation is 2. The van der Waals surface area contributed by atoms with Crippen molar-refractivity contribution in [3.8, 4) is 0 Å². The Morgan fingerprint density at radius 1 is 1.21 bits per heavy atom. The van der Waals surface area contributed by atoms with Crippen LogP contribution in [0.2, 0.25) is 0 Å². The van der Waals surface area contributed by atoms with Gasteiger partial charge in [-0.2, -0.15) is 11.8 Å². The zero-order chi connectivity index (χ0) is 26.9. The smallest absolute Gasteiger partial charge is 0.239 e. The van der Waals surface area contributed by atoms with Crippen LogP contribution in [-0.4, -0.2) is 40.5 Å². The molecule has 200 valence electrons. The number of nitrogens with one attached hydrogen (secondary N) is 3. The quantitative estimate of drug-likeness (QED) is 0.338. The molecule has 9 heteroatoms. The van der Waals surface area contributed by atoms with E-state index in [1.54, 1.807) is 18.1 Å². The Morgan fingerprint density at radius 3 is 2.76 bits per heavy atom. The van der Waals surface area contributed by atoms with Crippen molar-refractivity contribution in [3.05, 3.63) is 76.9 Å². The predicted molar refractivity (Wildman–Crippen MR) is 151 cm³/mol. The van der Waals surface area contributed by atoms with Crippen molar-refractivity contribution in [2.45, 2.75) is 52.3 Å². The summed E-state index contributed by atoms with van der Waals surface area (Å²) in [6, 6.07) is 11.3. The largest absolute Gasteiger partial charge is 0.464 e. The summed E-state index contributed by atoms with van der Waals surface area (Å²) in [4.78, 5) is 36.4. The number of aromatic amines is 1. The van der Waals surface area contributed by atoms with Crippen LogP contribution in [0, 0.1) is 19.3 Å². The molecule has 1 aliphatic heterocycles. The molecule has 0 saturated carbocycles. The van der Waals surface area contributed by atoms with Crippen LogP contribution in [0.5, 0.6) is 0 Å². The highest BCUT2D eigenvalue weighted by molar-refractivity contribution is 7.98. The average molecular weight is 534 g/mol. The van der Waals surface area contributed by atoms with E-state index < -0.39 is 6.04 Å². The monoisotopic (exact) mass is 533 g/mol. The molecule has 1 unspecified atom stereocenters. The summed E-state index contributed by atoms with van der Waals surface area (Å²) >= 11 is 1.73. The summed E-state index contributed by atoms with van der Waals surface area (Å²) in [5, 5.41) is 6.63. The molecule has 0 fully saturated rings. The Labute approximate surface area is 227 Å². The molecule has 1 amide bonds. The number of allylic oxidation sites excluding steroid dienone is 1. The highest BCUT2D eigenvalue weighted by Crippen LogP contribution is 2.48. The van der Waals surface area contributed by atoms with E-state index in [0.717, 1.165) is 52.1 Å². The van der Waals surface area contributed by atoms with Gasteiger partial charge in [0.05, 0.1) is 29.9 Å². The molecule has 5 rings (SSSR count). The van der Waals surface area contributed by atoms with Gasteiger partial charge in [0, 0.05) is 41.4 Å². The number of carbonyl (C=O) groups is 2. The number of imidazole rings is 1. The van der Waals surface area contributed by atoms with Crippen LogP contribution < -0.4 is 15.5 Å². The lowest BCUT2D eigenvalue weighted by atomic mass is 9.74. The van der Waals surface area contributed by atoms with E-state index >= 15 is 0 Å². The van der Waals surface area contributed by atoms with E-state index in [-0.39, 0.29) is 23.7 Å². The molecule has 0 saturated heterocycles. The number of benzene rings is 1. The van der Waals surface area contributed by atoms with Crippen LogP contribution in [0.3, 0.4) is 0 Å². The zero-order valence-electron chi connectivity index (χ0n) is 22.4. The zero-order valence-corrected chi connectivity index (χ0v) is 23.2. The van der Waals surface area contributed by atoms with Gasteiger partial charge in [-0.25, -0.2) is 4.98 Å². The molecule has 0 spiro atoms. The lowest BCUT2D eigenvalue weighted by Crippen LogP contribution is -2.42. The van der Waals surface area contributed by atoms with Gasteiger partial charge in [-0.3, -0.25) is 9.59 Å². The molecule has 1 atom stereocenters. The van der Waals surface area contributed by atoms with Crippen LogP contribution in [0.25, 0.3) is 0 Å². The number of anilines is 2. The number of thioether (sulfide) groups is 1. The van der Waals surface area contributed by atoms with Gasteiger partial charge in [-0.05, 0) is 49.9 Å². The Hall–Kier alpha value is -3.46. The first-order valence-corrected chi connectivity index (χ1v) is 14.2. The number of H-pyrrole nitrogens is 1. The van der Waals surface area contributed by atoms with E-state index in [4.69, 9.17) is 4.42 Å². The van der Waals surface area contributed by atoms with Gasteiger partial charge >= 0.3 is 0 Å². The summed E-state index contributed by atoms with van der Waals surface area (Å²) in [5.74, 6) is 3.00. The molecule has 0 radical (unpaired) electrons. The number of para-hydroxylation sites is 2. The second kappa shape index (κ2) is 10.7. The fraction of sp³-hybridized carbons (Fsp3) is 0.414. The van der Waals surface area contributed by atoms with Crippen molar-refractivity contribution in [3.63, 3.8) is 0 Å². The number of nitrogens with zero attached hydrogens (tertiary/aromatic N) is 2. The minimum absolute atomic E-state index is 0.0890. The molecule has 3 heterocycles. The van der Waals surface area contributed by atoms with Crippen molar-refractivity contribution in [2.24, 2.45) is 5.41 Å². The number of carbonyl (C=O) groups excluding carboxylic acids is 2. The number of ketones is 1. The molecule has 2 aromatic heterocycles. The Morgan fingerprint density at radius 2 is 2.03 bits per heavy atom. The van der Waals surface area contributed by atoms with Crippen LogP contribution in [-0.2, 0) is 15.3 Å². The van der Waals surface area contributed by atoms with Crippen molar-refractivity contribution in [1.82, 2.24) is 15.3 Å². The molecule has 2 aliphatic rings. The predicted octanol–water partition coefficient (Wildman–Crippen LogP) is 5.29. The van der Waals surface area contributed by atoms with Crippen molar-refractivity contribution in [2.75, 3.05) is 29.1 Å². The van der Waals surface area contributed by atoms with Gasteiger partial charge in [0.25, 0.3) is 0 Å². The third-order valence-electron chi connectivity index (χ3n) is 7.09. The molecule has 38 heavy (non-hydrogen) atoms. The first-order valence-electron chi connectivity index (χ1n) is 13.0. The summed E-state index contributed by atoms with van der Waals surface area (Å²) in [6.45, 7) is 8.79. The molecule has 8 nitrogen and oxygen atoms in total. The number of hydrogen-bond acceptors (Lipinski definition) is 7. The number of hydrogen-bond donors (Lipinski definition) is 3. The molecule has 3 N–H and O–H groups in total. The summed E-state index contributed by atoms with van der Waals surface area (Å²) < 4.78 is 6.11. The maximum absolute atomic E-state index is 13.7. The topological polar surface area (TPSA) is 103 Å². The third kappa shape index (κ3) is 5.53. The highest BCUT2D eigenvalue weighted by atomic mass is 32.2. The second-order valence-electron chi connectivity index (χ2n) is 10.8. The number of furan rings is 1. The van der Waals surface area contributed by atoms with E-state index in [1.807, 2.05) is 55.1 Å². The summed E-state index contributed by atoms with van der Waals surface area (Å²) in [7, 11) is 0. The van der Waals surface area contributed by atoms with Crippen molar-refractivity contribution in [1.29, 1.82) is 0 Å². The number of aromatic nitrogens is 2. The maximum atomic E-state index is 13.7. The summed E-state index contributed by atoms with van der Waals surface area (Å²) in [6.07, 6.45) is 2.90. The molecular weight excluding hydrogens is 498 g/mol.